The van der Waals surface area contributed by atoms with Crippen LogP contribution in [0.2, 0.25) is 0 Å². The molecule has 0 bridgehead atoms. The van der Waals surface area contributed by atoms with Crippen LogP contribution in [-0.2, 0) is 22.9 Å². The Morgan fingerprint density at radius 2 is 1.77 bits per heavy atom. The third kappa shape index (κ3) is 7.42. The van der Waals surface area contributed by atoms with Crippen LogP contribution in [0.1, 0.15) is 23.6 Å². The number of sulfone groups is 1. The fraction of sp³-hybridized carbons (Fsp3) is 0.381. The fourth-order valence-electron chi connectivity index (χ4n) is 2.95. The van der Waals surface area contributed by atoms with Gasteiger partial charge in [-0.1, -0.05) is 18.2 Å². The second-order valence-electron chi connectivity index (χ2n) is 7.10. The van der Waals surface area contributed by atoms with Gasteiger partial charge in [0, 0.05) is 33.4 Å². The maximum absolute atomic E-state index is 14.1. The third-order valence-corrected chi connectivity index (χ3v) is 5.61. The van der Waals surface area contributed by atoms with Crippen LogP contribution in [-0.4, -0.2) is 41.3 Å². The van der Waals surface area contributed by atoms with Crippen LogP contribution in [0.25, 0.3) is 0 Å². The summed E-state index contributed by atoms with van der Waals surface area (Å²) in [6.45, 7) is 5.26. The minimum atomic E-state index is -3.24. The van der Waals surface area contributed by atoms with E-state index in [4.69, 9.17) is 0 Å². The molecule has 0 aliphatic heterocycles. The van der Waals surface area contributed by atoms with E-state index in [9.17, 15) is 12.8 Å². The quantitative estimate of drug-likeness (QED) is 0.315. The van der Waals surface area contributed by atoms with Gasteiger partial charge in [-0.15, -0.1) is 24.0 Å². The molecule has 0 atom stereocenters. The molecule has 0 aromatic heterocycles. The van der Waals surface area contributed by atoms with Gasteiger partial charge in [-0.25, -0.2) is 17.8 Å². The zero-order valence-electron chi connectivity index (χ0n) is 18.0. The van der Waals surface area contributed by atoms with Gasteiger partial charge in [0.2, 0.25) is 0 Å². The van der Waals surface area contributed by atoms with Crippen molar-refractivity contribution in [1.29, 1.82) is 0 Å². The third-order valence-electron chi connectivity index (χ3n) is 4.36. The molecule has 0 spiro atoms. The second kappa shape index (κ2) is 11.5. The van der Waals surface area contributed by atoms with Gasteiger partial charge >= 0.3 is 0 Å². The monoisotopic (exact) mass is 548 g/mol. The topological polar surface area (TPSA) is 73.8 Å². The van der Waals surface area contributed by atoms with E-state index < -0.39 is 9.84 Å². The van der Waals surface area contributed by atoms with E-state index in [-0.39, 0.29) is 29.8 Å². The number of rotatable bonds is 7. The molecule has 9 heteroatoms. The standard InChI is InChI=1S/C21H29FN4O2S.HI/c1-6-23-21(25-14-17-7-9-19(26(3)4)18(22)12-17)24-13-16-8-10-20(15(2)11-16)29(5,27)28;/h7-12H,6,13-14H2,1-5H3,(H2,23,24,25);1H. The van der Waals surface area contributed by atoms with Crippen LogP contribution in [0.4, 0.5) is 10.1 Å². The summed E-state index contributed by atoms with van der Waals surface area (Å²) < 4.78 is 37.6. The zero-order chi connectivity index (χ0) is 21.6. The van der Waals surface area contributed by atoms with Crippen molar-refractivity contribution in [3.05, 3.63) is 58.9 Å². The summed E-state index contributed by atoms with van der Waals surface area (Å²) >= 11 is 0. The number of benzene rings is 2. The van der Waals surface area contributed by atoms with Gasteiger partial charge in [0.05, 0.1) is 17.1 Å². The molecule has 0 fully saturated rings. The number of aliphatic imine (C=N–C) groups is 1. The molecule has 0 aliphatic rings. The fourth-order valence-corrected chi connectivity index (χ4v) is 3.91. The Balaban J connectivity index is 0.00000450. The minimum absolute atomic E-state index is 0. The van der Waals surface area contributed by atoms with Crippen molar-refractivity contribution in [1.82, 2.24) is 10.6 Å². The van der Waals surface area contributed by atoms with E-state index in [1.807, 2.05) is 19.1 Å². The summed E-state index contributed by atoms with van der Waals surface area (Å²) in [7, 11) is 0.368. The van der Waals surface area contributed by atoms with E-state index >= 15 is 0 Å². The van der Waals surface area contributed by atoms with Crippen molar-refractivity contribution in [2.75, 3.05) is 31.8 Å². The first-order valence-electron chi connectivity index (χ1n) is 9.39. The zero-order valence-corrected chi connectivity index (χ0v) is 21.1. The first-order chi connectivity index (χ1) is 13.6. The highest BCUT2D eigenvalue weighted by molar-refractivity contribution is 14.0. The normalized spacial score (nSPS) is 11.6. The smallest absolute Gasteiger partial charge is 0.191 e. The van der Waals surface area contributed by atoms with Gasteiger partial charge in [-0.05, 0) is 48.7 Å². The van der Waals surface area contributed by atoms with Crippen molar-refractivity contribution >= 4 is 45.5 Å². The molecule has 2 aromatic carbocycles. The lowest BCUT2D eigenvalue weighted by atomic mass is 10.1. The summed E-state index contributed by atoms with van der Waals surface area (Å²) in [5.74, 6) is 0.340. The lowest BCUT2D eigenvalue weighted by molar-refractivity contribution is 0.601. The van der Waals surface area contributed by atoms with E-state index in [0.717, 1.165) is 11.1 Å². The molecule has 6 nitrogen and oxygen atoms in total. The van der Waals surface area contributed by atoms with Crippen molar-refractivity contribution < 1.29 is 12.8 Å². The summed E-state index contributed by atoms with van der Waals surface area (Å²) in [4.78, 5) is 6.61. The molecular formula is C21H30FIN4O2S. The average Bonchev–Trinajstić information content (AvgIpc) is 2.62. The average molecular weight is 548 g/mol. The molecule has 0 unspecified atom stereocenters. The van der Waals surface area contributed by atoms with Crippen LogP contribution in [0.15, 0.2) is 46.3 Å². The SMILES string of the molecule is CCNC(=NCc1ccc(S(C)(=O)=O)c(C)c1)NCc1ccc(N(C)C)c(F)c1.I. The summed E-state index contributed by atoms with van der Waals surface area (Å²) in [6, 6.07) is 10.4. The first kappa shape index (κ1) is 26.2. The molecule has 2 N–H and O–H groups in total. The van der Waals surface area contributed by atoms with Crippen LogP contribution in [0.5, 0.6) is 0 Å². The van der Waals surface area contributed by atoms with Crippen LogP contribution >= 0.6 is 24.0 Å². The largest absolute Gasteiger partial charge is 0.375 e. The van der Waals surface area contributed by atoms with Crippen molar-refractivity contribution in [3.63, 3.8) is 0 Å². The van der Waals surface area contributed by atoms with Gasteiger partial charge in [0.1, 0.15) is 5.82 Å². The van der Waals surface area contributed by atoms with E-state index in [1.165, 1.54) is 12.3 Å². The number of halogens is 2. The van der Waals surface area contributed by atoms with Crippen LogP contribution in [0, 0.1) is 12.7 Å². The summed E-state index contributed by atoms with van der Waals surface area (Å²) in [6.07, 6.45) is 1.20. The molecule has 30 heavy (non-hydrogen) atoms. The number of nitrogens with one attached hydrogen (secondary N) is 2. The van der Waals surface area contributed by atoms with E-state index in [2.05, 4.69) is 15.6 Å². The van der Waals surface area contributed by atoms with Crippen molar-refractivity contribution in [3.8, 4) is 0 Å². The molecule has 166 valence electrons. The Morgan fingerprint density at radius 1 is 1.10 bits per heavy atom. The predicted molar refractivity (Wildman–Crippen MR) is 132 cm³/mol. The predicted octanol–water partition coefficient (Wildman–Crippen LogP) is 3.48. The molecule has 0 heterocycles. The number of aryl methyl sites for hydroxylation is 1. The highest BCUT2D eigenvalue weighted by Crippen LogP contribution is 2.18. The van der Waals surface area contributed by atoms with Gasteiger partial charge in [0.25, 0.3) is 0 Å². The van der Waals surface area contributed by atoms with Crippen LogP contribution in [0.3, 0.4) is 0 Å². The Hall–Kier alpha value is -1.88. The van der Waals surface area contributed by atoms with Gasteiger partial charge in [0.15, 0.2) is 15.8 Å². The minimum Gasteiger partial charge on any atom is -0.375 e. The summed E-state index contributed by atoms with van der Waals surface area (Å²) in [5, 5.41) is 6.35. The Kier molecular flexibility index (Phi) is 10.0. The first-order valence-corrected chi connectivity index (χ1v) is 11.3. The lowest BCUT2D eigenvalue weighted by Gasteiger charge is -2.15. The molecular weight excluding hydrogens is 518 g/mol. The number of nitrogens with zero attached hydrogens (tertiary/aromatic N) is 2. The van der Waals surface area contributed by atoms with Crippen molar-refractivity contribution in [2.45, 2.75) is 31.8 Å². The molecule has 0 saturated carbocycles. The highest BCUT2D eigenvalue weighted by Gasteiger charge is 2.11. The Bertz CT molecular complexity index is 994. The van der Waals surface area contributed by atoms with E-state index in [0.29, 0.717) is 41.7 Å². The molecule has 0 radical (unpaired) electrons. The van der Waals surface area contributed by atoms with E-state index in [1.54, 1.807) is 44.1 Å². The molecule has 0 amide bonds. The highest BCUT2D eigenvalue weighted by atomic mass is 127. The summed E-state index contributed by atoms with van der Waals surface area (Å²) in [5.41, 5.74) is 2.97. The van der Waals surface area contributed by atoms with Crippen molar-refractivity contribution in [2.24, 2.45) is 4.99 Å². The van der Waals surface area contributed by atoms with Gasteiger partial charge < -0.3 is 15.5 Å². The number of hydrogen-bond donors (Lipinski definition) is 2. The maximum Gasteiger partial charge on any atom is 0.191 e. The number of guanidine groups is 1. The Morgan fingerprint density at radius 3 is 2.30 bits per heavy atom. The number of hydrogen-bond acceptors (Lipinski definition) is 4. The molecule has 0 saturated heterocycles. The second-order valence-corrected chi connectivity index (χ2v) is 9.09. The molecule has 0 aliphatic carbocycles. The molecule has 2 aromatic rings. The molecule has 2 rings (SSSR count). The van der Waals surface area contributed by atoms with Crippen LogP contribution < -0.4 is 15.5 Å². The lowest BCUT2D eigenvalue weighted by Crippen LogP contribution is -2.36. The Labute approximate surface area is 195 Å². The van der Waals surface area contributed by atoms with Gasteiger partial charge in [-0.2, -0.15) is 0 Å². The number of anilines is 1. The van der Waals surface area contributed by atoms with Gasteiger partial charge in [-0.3, -0.25) is 0 Å². The maximum atomic E-state index is 14.1.